The molecule has 17 heavy (non-hydrogen) atoms. The van der Waals surface area contributed by atoms with Gasteiger partial charge in [0.2, 0.25) is 0 Å². The van der Waals surface area contributed by atoms with Gasteiger partial charge in [0.1, 0.15) is 12.4 Å². The number of anilines is 1. The Hall–Kier alpha value is -1.76. The number of carbonyl (C=O) groups is 1. The van der Waals surface area contributed by atoms with Gasteiger partial charge >= 0.3 is 12.1 Å². The van der Waals surface area contributed by atoms with E-state index in [4.69, 9.17) is 10.5 Å². The maximum Gasteiger partial charge on any atom is 0.471 e. The fraction of sp³-hybridized carbons (Fsp3) is 0.300. The van der Waals surface area contributed by atoms with Crippen molar-refractivity contribution in [1.82, 2.24) is 0 Å². The number of halogens is 3. The second-order valence-corrected chi connectivity index (χ2v) is 3.11. The molecule has 0 bridgehead atoms. The van der Waals surface area contributed by atoms with Gasteiger partial charge < -0.3 is 15.8 Å². The fourth-order valence-electron chi connectivity index (χ4n) is 1.01. The van der Waals surface area contributed by atoms with Crippen LogP contribution in [0.25, 0.3) is 0 Å². The molecule has 0 fully saturated rings. The molecule has 0 spiro atoms. The minimum absolute atomic E-state index is 0.0485. The van der Waals surface area contributed by atoms with Crippen LogP contribution in [-0.4, -0.2) is 25.2 Å². The summed E-state index contributed by atoms with van der Waals surface area (Å²) >= 11 is 0. The molecular weight excluding hydrogens is 237 g/mol. The van der Waals surface area contributed by atoms with Gasteiger partial charge in [-0.15, -0.1) is 0 Å². The molecule has 3 N–H and O–H groups in total. The van der Waals surface area contributed by atoms with Crippen LogP contribution in [0.15, 0.2) is 24.3 Å². The summed E-state index contributed by atoms with van der Waals surface area (Å²) in [6.07, 6.45) is -4.89. The van der Waals surface area contributed by atoms with E-state index in [9.17, 15) is 18.0 Å². The number of benzene rings is 1. The van der Waals surface area contributed by atoms with Crippen LogP contribution in [0.4, 0.5) is 18.9 Å². The van der Waals surface area contributed by atoms with E-state index >= 15 is 0 Å². The lowest BCUT2D eigenvalue weighted by molar-refractivity contribution is -0.167. The van der Waals surface area contributed by atoms with Gasteiger partial charge in [-0.1, -0.05) is 0 Å². The summed E-state index contributed by atoms with van der Waals surface area (Å²) in [5.74, 6) is -1.53. The molecule has 1 rings (SSSR count). The molecule has 0 unspecified atom stereocenters. The quantitative estimate of drug-likeness (QED) is 0.849. The van der Waals surface area contributed by atoms with E-state index < -0.39 is 12.1 Å². The SMILES string of the molecule is NCCOc1ccc(NC(=O)C(F)(F)F)cc1. The van der Waals surface area contributed by atoms with Crippen molar-refractivity contribution in [3.05, 3.63) is 24.3 Å². The average Bonchev–Trinajstić information content (AvgIpc) is 2.27. The summed E-state index contributed by atoms with van der Waals surface area (Å²) in [7, 11) is 0. The molecule has 94 valence electrons. The van der Waals surface area contributed by atoms with Crippen LogP contribution < -0.4 is 15.8 Å². The molecule has 0 aromatic heterocycles. The van der Waals surface area contributed by atoms with E-state index in [1.54, 1.807) is 5.32 Å². The molecule has 1 aromatic carbocycles. The number of nitrogens with one attached hydrogen (secondary N) is 1. The number of carbonyl (C=O) groups excluding carboxylic acids is 1. The molecule has 0 saturated carbocycles. The van der Waals surface area contributed by atoms with E-state index in [2.05, 4.69) is 0 Å². The standard InChI is InChI=1S/C10H11F3N2O2/c11-10(12,13)9(16)15-7-1-3-8(4-2-7)17-6-5-14/h1-4H,5-6,14H2,(H,15,16). The second kappa shape index (κ2) is 5.53. The molecule has 0 saturated heterocycles. The van der Waals surface area contributed by atoms with Crippen LogP contribution >= 0.6 is 0 Å². The summed E-state index contributed by atoms with van der Waals surface area (Å²) < 4.78 is 40.9. The lowest BCUT2D eigenvalue weighted by Gasteiger charge is -2.09. The fourth-order valence-corrected chi connectivity index (χ4v) is 1.01. The van der Waals surface area contributed by atoms with Crippen LogP contribution in [0, 0.1) is 0 Å². The normalized spacial score (nSPS) is 11.1. The molecule has 0 aliphatic heterocycles. The predicted molar refractivity (Wildman–Crippen MR) is 55.7 cm³/mol. The van der Waals surface area contributed by atoms with Crippen molar-refractivity contribution < 1.29 is 22.7 Å². The number of amides is 1. The van der Waals surface area contributed by atoms with Crippen LogP contribution in [-0.2, 0) is 4.79 Å². The third kappa shape index (κ3) is 4.31. The Labute approximate surface area is 95.6 Å². The van der Waals surface area contributed by atoms with Gasteiger partial charge in [0.25, 0.3) is 0 Å². The summed E-state index contributed by atoms with van der Waals surface area (Å²) in [5.41, 5.74) is 5.26. The predicted octanol–water partition coefficient (Wildman–Crippen LogP) is 1.52. The van der Waals surface area contributed by atoms with Crippen LogP contribution in [0.1, 0.15) is 0 Å². The van der Waals surface area contributed by atoms with Crippen molar-refractivity contribution in [2.45, 2.75) is 6.18 Å². The average molecular weight is 248 g/mol. The van der Waals surface area contributed by atoms with Gasteiger partial charge in [0.05, 0.1) is 0 Å². The summed E-state index contributed by atoms with van der Waals surface area (Å²) in [4.78, 5) is 10.6. The highest BCUT2D eigenvalue weighted by Gasteiger charge is 2.38. The van der Waals surface area contributed by atoms with E-state index in [0.717, 1.165) is 0 Å². The Kier molecular flexibility index (Phi) is 4.33. The highest BCUT2D eigenvalue weighted by molar-refractivity contribution is 5.94. The highest BCUT2D eigenvalue weighted by Crippen LogP contribution is 2.20. The molecule has 7 heteroatoms. The lowest BCUT2D eigenvalue weighted by Crippen LogP contribution is -2.29. The van der Waals surface area contributed by atoms with E-state index in [0.29, 0.717) is 18.9 Å². The zero-order valence-electron chi connectivity index (χ0n) is 8.75. The van der Waals surface area contributed by atoms with Crippen LogP contribution in [0.5, 0.6) is 5.75 Å². The molecular formula is C10H11F3N2O2. The molecule has 0 aliphatic carbocycles. The van der Waals surface area contributed by atoms with Crippen molar-refractivity contribution in [2.24, 2.45) is 5.73 Å². The number of hydrogen-bond acceptors (Lipinski definition) is 3. The topological polar surface area (TPSA) is 64.3 Å². The monoisotopic (exact) mass is 248 g/mol. The third-order valence-electron chi connectivity index (χ3n) is 1.76. The van der Waals surface area contributed by atoms with Gasteiger partial charge in [-0.3, -0.25) is 4.79 Å². The first-order valence-electron chi connectivity index (χ1n) is 4.74. The molecule has 1 aromatic rings. The molecule has 0 heterocycles. The maximum atomic E-state index is 11.9. The Balaban J connectivity index is 2.59. The smallest absolute Gasteiger partial charge is 0.471 e. The summed E-state index contributed by atoms with van der Waals surface area (Å²) in [6.45, 7) is 0.654. The number of rotatable bonds is 4. The van der Waals surface area contributed by atoms with Crippen molar-refractivity contribution in [3.63, 3.8) is 0 Å². The Bertz CT molecular complexity index is 376. The van der Waals surface area contributed by atoms with Crippen molar-refractivity contribution in [1.29, 1.82) is 0 Å². The molecule has 0 radical (unpaired) electrons. The number of alkyl halides is 3. The largest absolute Gasteiger partial charge is 0.492 e. The Morgan fingerprint density at radius 1 is 1.29 bits per heavy atom. The zero-order chi connectivity index (χ0) is 12.9. The molecule has 0 atom stereocenters. The number of hydrogen-bond donors (Lipinski definition) is 2. The van der Waals surface area contributed by atoms with E-state index in [-0.39, 0.29) is 5.69 Å². The van der Waals surface area contributed by atoms with Crippen LogP contribution in [0.2, 0.25) is 0 Å². The van der Waals surface area contributed by atoms with Crippen molar-refractivity contribution in [2.75, 3.05) is 18.5 Å². The first kappa shape index (κ1) is 13.3. The van der Waals surface area contributed by atoms with E-state index in [1.165, 1.54) is 24.3 Å². The lowest BCUT2D eigenvalue weighted by atomic mass is 10.3. The minimum Gasteiger partial charge on any atom is -0.492 e. The van der Waals surface area contributed by atoms with Gasteiger partial charge in [-0.05, 0) is 24.3 Å². The number of nitrogens with two attached hydrogens (primary N) is 1. The summed E-state index contributed by atoms with van der Waals surface area (Å²) in [6, 6.07) is 5.52. The van der Waals surface area contributed by atoms with Gasteiger partial charge in [0, 0.05) is 12.2 Å². The third-order valence-corrected chi connectivity index (χ3v) is 1.76. The first-order valence-corrected chi connectivity index (χ1v) is 4.74. The Morgan fingerprint density at radius 2 is 1.88 bits per heavy atom. The van der Waals surface area contributed by atoms with Crippen LogP contribution in [0.3, 0.4) is 0 Å². The molecule has 1 amide bonds. The van der Waals surface area contributed by atoms with Crippen molar-refractivity contribution >= 4 is 11.6 Å². The maximum absolute atomic E-state index is 11.9. The molecule has 0 aliphatic rings. The van der Waals surface area contributed by atoms with Gasteiger partial charge in [0.15, 0.2) is 0 Å². The molecule has 4 nitrogen and oxygen atoms in total. The number of ether oxygens (including phenoxy) is 1. The van der Waals surface area contributed by atoms with Crippen molar-refractivity contribution in [3.8, 4) is 5.75 Å². The first-order chi connectivity index (χ1) is 7.93. The zero-order valence-corrected chi connectivity index (χ0v) is 8.75. The summed E-state index contributed by atoms with van der Waals surface area (Å²) in [5, 5.41) is 1.72. The Morgan fingerprint density at radius 3 is 2.35 bits per heavy atom. The second-order valence-electron chi connectivity index (χ2n) is 3.11. The van der Waals surface area contributed by atoms with Gasteiger partial charge in [-0.2, -0.15) is 13.2 Å². The van der Waals surface area contributed by atoms with E-state index in [1.807, 2.05) is 0 Å². The highest BCUT2D eigenvalue weighted by atomic mass is 19.4. The minimum atomic E-state index is -4.89. The van der Waals surface area contributed by atoms with Gasteiger partial charge in [-0.25, -0.2) is 0 Å².